The van der Waals surface area contributed by atoms with E-state index < -0.39 is 17.3 Å². The van der Waals surface area contributed by atoms with E-state index in [-0.39, 0.29) is 6.54 Å². The second-order valence-corrected chi connectivity index (χ2v) is 2.73. The fourth-order valence-electron chi connectivity index (χ4n) is 0.952. The van der Waals surface area contributed by atoms with Crippen LogP contribution < -0.4 is 5.32 Å². The number of amides is 1. The molecule has 2 N–H and O–H groups in total. The molecule has 1 rings (SSSR count). The zero-order valence-electron chi connectivity index (χ0n) is 6.33. The highest BCUT2D eigenvalue weighted by molar-refractivity contribution is 6.04. The number of rotatable bonds is 3. The molecule has 0 unspecified atom stereocenters. The third kappa shape index (κ3) is 1.23. The number of hydrogen-bond donors (Lipinski definition) is 2. The summed E-state index contributed by atoms with van der Waals surface area (Å²) in [6.07, 6.45) is 0.749. The van der Waals surface area contributed by atoms with Crippen molar-refractivity contribution in [2.45, 2.75) is 12.8 Å². The van der Waals surface area contributed by atoms with Crippen LogP contribution in [0.3, 0.4) is 0 Å². The molecule has 0 bridgehead atoms. The Bertz CT molecular complexity index is 262. The SMILES string of the molecule is N#CCNC(=O)C1(C(=O)O)CC1. The molecule has 0 aromatic rings. The first kappa shape index (κ1) is 8.53. The maximum absolute atomic E-state index is 11.1. The summed E-state index contributed by atoms with van der Waals surface area (Å²) >= 11 is 0. The number of carboxylic acid groups (broad SMARTS) is 1. The van der Waals surface area contributed by atoms with Gasteiger partial charge in [-0.15, -0.1) is 0 Å². The number of hydrogen-bond acceptors (Lipinski definition) is 3. The molecule has 5 nitrogen and oxygen atoms in total. The third-order valence-corrected chi connectivity index (χ3v) is 1.92. The largest absolute Gasteiger partial charge is 0.480 e. The molecular formula is C7H8N2O3. The lowest BCUT2D eigenvalue weighted by Crippen LogP contribution is -2.37. The van der Waals surface area contributed by atoms with Crippen molar-refractivity contribution in [1.29, 1.82) is 5.26 Å². The Morgan fingerprint density at radius 2 is 2.17 bits per heavy atom. The normalized spacial score (nSPS) is 17.6. The van der Waals surface area contributed by atoms with Crippen LogP contribution in [-0.4, -0.2) is 23.5 Å². The van der Waals surface area contributed by atoms with E-state index in [1.54, 1.807) is 6.07 Å². The molecule has 1 saturated carbocycles. The molecular weight excluding hydrogens is 160 g/mol. The van der Waals surface area contributed by atoms with Gasteiger partial charge < -0.3 is 10.4 Å². The minimum absolute atomic E-state index is 0.131. The average Bonchev–Trinajstić information content (AvgIpc) is 2.80. The molecule has 0 radical (unpaired) electrons. The first-order valence-corrected chi connectivity index (χ1v) is 3.52. The predicted octanol–water partition coefficient (Wildman–Crippen LogP) is -0.509. The molecule has 0 aliphatic heterocycles. The zero-order chi connectivity index (χ0) is 9.19. The maximum atomic E-state index is 11.1. The molecule has 12 heavy (non-hydrogen) atoms. The van der Waals surface area contributed by atoms with E-state index in [1.807, 2.05) is 0 Å². The number of nitrogens with one attached hydrogen (secondary N) is 1. The van der Waals surface area contributed by atoms with Gasteiger partial charge in [-0.25, -0.2) is 0 Å². The van der Waals surface area contributed by atoms with Crippen LogP contribution in [0.5, 0.6) is 0 Å². The van der Waals surface area contributed by atoms with E-state index in [0.29, 0.717) is 12.8 Å². The second-order valence-electron chi connectivity index (χ2n) is 2.73. The highest BCUT2D eigenvalue weighted by Gasteiger charge is 2.56. The van der Waals surface area contributed by atoms with Crippen molar-refractivity contribution in [3.05, 3.63) is 0 Å². The Morgan fingerprint density at radius 1 is 1.58 bits per heavy atom. The summed E-state index contributed by atoms with van der Waals surface area (Å²) in [5.41, 5.74) is -1.23. The zero-order valence-corrected chi connectivity index (χ0v) is 6.33. The monoisotopic (exact) mass is 168 g/mol. The van der Waals surface area contributed by atoms with E-state index in [4.69, 9.17) is 10.4 Å². The minimum Gasteiger partial charge on any atom is -0.480 e. The summed E-state index contributed by atoms with van der Waals surface area (Å²) in [6.45, 7) is -0.131. The van der Waals surface area contributed by atoms with Crippen LogP contribution in [0, 0.1) is 16.7 Å². The van der Waals surface area contributed by atoms with Gasteiger partial charge in [0, 0.05) is 0 Å². The van der Waals surface area contributed by atoms with Gasteiger partial charge in [0.1, 0.15) is 12.0 Å². The molecule has 0 saturated heterocycles. The molecule has 1 amide bonds. The van der Waals surface area contributed by atoms with E-state index in [0.717, 1.165) is 0 Å². The van der Waals surface area contributed by atoms with Crippen LogP contribution in [0.15, 0.2) is 0 Å². The van der Waals surface area contributed by atoms with Gasteiger partial charge in [0.05, 0.1) is 6.07 Å². The first-order valence-electron chi connectivity index (χ1n) is 3.52. The van der Waals surface area contributed by atoms with Gasteiger partial charge in [0.15, 0.2) is 0 Å². The van der Waals surface area contributed by atoms with E-state index in [2.05, 4.69) is 5.32 Å². The standard InChI is InChI=1S/C7H8N2O3/c8-3-4-9-5(10)7(1-2-7)6(11)12/h1-2,4H2,(H,9,10)(H,11,12). The lowest BCUT2D eigenvalue weighted by molar-refractivity contribution is -0.148. The van der Waals surface area contributed by atoms with Gasteiger partial charge in [-0.05, 0) is 12.8 Å². The van der Waals surface area contributed by atoms with Crippen LogP contribution >= 0.6 is 0 Å². The summed E-state index contributed by atoms with van der Waals surface area (Å²) in [5, 5.41) is 19.0. The summed E-state index contributed by atoms with van der Waals surface area (Å²) in [6, 6.07) is 1.71. The van der Waals surface area contributed by atoms with Crippen molar-refractivity contribution in [1.82, 2.24) is 5.32 Å². The van der Waals surface area contributed by atoms with Crippen molar-refractivity contribution in [3.8, 4) is 6.07 Å². The molecule has 1 fully saturated rings. The Balaban J connectivity index is 2.53. The number of aliphatic carboxylic acids is 1. The summed E-state index contributed by atoms with van der Waals surface area (Å²) in [5.74, 6) is -1.64. The molecule has 0 aromatic heterocycles. The van der Waals surface area contributed by atoms with E-state index in [1.165, 1.54) is 0 Å². The minimum atomic E-state index is -1.23. The van der Waals surface area contributed by atoms with Crippen LogP contribution in [0.4, 0.5) is 0 Å². The number of nitriles is 1. The smallest absolute Gasteiger partial charge is 0.319 e. The van der Waals surface area contributed by atoms with E-state index >= 15 is 0 Å². The molecule has 5 heteroatoms. The quantitative estimate of drug-likeness (QED) is 0.438. The van der Waals surface area contributed by atoms with Crippen molar-refractivity contribution in [2.75, 3.05) is 6.54 Å². The number of carbonyl (C=O) groups excluding carboxylic acids is 1. The molecule has 64 valence electrons. The Labute approximate surface area is 69.0 Å². The number of nitrogens with zero attached hydrogens (tertiary/aromatic N) is 1. The molecule has 0 spiro atoms. The van der Waals surface area contributed by atoms with Gasteiger partial charge in [-0.1, -0.05) is 0 Å². The summed E-state index contributed by atoms with van der Waals surface area (Å²) in [7, 11) is 0. The van der Waals surface area contributed by atoms with Crippen LogP contribution in [-0.2, 0) is 9.59 Å². The van der Waals surface area contributed by atoms with Crippen molar-refractivity contribution in [2.24, 2.45) is 5.41 Å². The van der Waals surface area contributed by atoms with E-state index in [9.17, 15) is 9.59 Å². The average molecular weight is 168 g/mol. The number of carboxylic acids is 1. The van der Waals surface area contributed by atoms with Gasteiger partial charge in [-0.3, -0.25) is 9.59 Å². The van der Waals surface area contributed by atoms with Crippen LogP contribution in [0.1, 0.15) is 12.8 Å². The predicted molar refractivity (Wildman–Crippen MR) is 37.9 cm³/mol. The Hall–Kier alpha value is -1.57. The van der Waals surface area contributed by atoms with Crippen LogP contribution in [0.25, 0.3) is 0 Å². The van der Waals surface area contributed by atoms with Crippen molar-refractivity contribution >= 4 is 11.9 Å². The molecule has 0 aromatic carbocycles. The summed E-state index contributed by atoms with van der Waals surface area (Å²) in [4.78, 5) is 21.6. The molecule has 1 aliphatic rings. The first-order chi connectivity index (χ1) is 5.63. The molecule has 1 aliphatic carbocycles. The lowest BCUT2D eigenvalue weighted by Gasteiger charge is -2.07. The highest BCUT2D eigenvalue weighted by atomic mass is 16.4. The summed E-state index contributed by atoms with van der Waals surface area (Å²) < 4.78 is 0. The van der Waals surface area contributed by atoms with Gasteiger partial charge >= 0.3 is 5.97 Å². The maximum Gasteiger partial charge on any atom is 0.319 e. The van der Waals surface area contributed by atoms with Gasteiger partial charge in [0.2, 0.25) is 5.91 Å². The van der Waals surface area contributed by atoms with Crippen LogP contribution in [0.2, 0.25) is 0 Å². The lowest BCUT2D eigenvalue weighted by atomic mass is 10.1. The molecule has 0 atom stereocenters. The fourth-order valence-corrected chi connectivity index (χ4v) is 0.952. The van der Waals surface area contributed by atoms with Crippen molar-refractivity contribution < 1.29 is 14.7 Å². The topological polar surface area (TPSA) is 90.2 Å². The molecule has 0 heterocycles. The number of carbonyl (C=O) groups is 2. The Kier molecular flexibility index (Phi) is 2.00. The Morgan fingerprint density at radius 3 is 2.50 bits per heavy atom. The fraction of sp³-hybridized carbons (Fsp3) is 0.571. The highest BCUT2D eigenvalue weighted by Crippen LogP contribution is 2.45. The van der Waals surface area contributed by atoms with Gasteiger partial charge in [-0.2, -0.15) is 5.26 Å². The van der Waals surface area contributed by atoms with Crippen molar-refractivity contribution in [3.63, 3.8) is 0 Å². The van der Waals surface area contributed by atoms with Gasteiger partial charge in [0.25, 0.3) is 0 Å². The second kappa shape index (κ2) is 2.81. The third-order valence-electron chi connectivity index (χ3n) is 1.92.